The van der Waals surface area contributed by atoms with Crippen molar-refractivity contribution in [1.82, 2.24) is 9.47 Å². The SMILES string of the molecule is COC(=O)c1cccc(-n2c(C)cc(/C=C3\C(=O)N(C)C(=O)N(c4ccccc4)C3=O)c2C)c1C. The van der Waals surface area contributed by atoms with Gasteiger partial charge < -0.3 is 9.30 Å². The smallest absolute Gasteiger partial charge is 0.338 e. The summed E-state index contributed by atoms with van der Waals surface area (Å²) in [5, 5.41) is 0. The van der Waals surface area contributed by atoms with Crippen LogP contribution in [0.3, 0.4) is 0 Å². The number of hydrogen-bond donors (Lipinski definition) is 0. The number of methoxy groups -OCH3 is 1. The third kappa shape index (κ3) is 3.93. The summed E-state index contributed by atoms with van der Waals surface area (Å²) in [7, 11) is 2.69. The second kappa shape index (κ2) is 9.06. The molecule has 4 amide bonds. The number of imide groups is 2. The Bertz CT molecular complexity index is 1400. The average molecular weight is 472 g/mol. The van der Waals surface area contributed by atoms with Crippen LogP contribution in [0, 0.1) is 20.8 Å². The van der Waals surface area contributed by atoms with Gasteiger partial charge in [-0.1, -0.05) is 24.3 Å². The van der Waals surface area contributed by atoms with Gasteiger partial charge in [0.25, 0.3) is 11.8 Å². The van der Waals surface area contributed by atoms with Crippen molar-refractivity contribution in [2.45, 2.75) is 20.8 Å². The van der Waals surface area contributed by atoms with Crippen LogP contribution in [0.1, 0.15) is 32.9 Å². The fraction of sp³-hybridized carbons (Fsp3) is 0.185. The highest BCUT2D eigenvalue weighted by molar-refractivity contribution is 6.39. The Balaban J connectivity index is 1.82. The molecule has 8 nitrogen and oxygen atoms in total. The molecule has 0 bridgehead atoms. The van der Waals surface area contributed by atoms with E-state index in [-0.39, 0.29) is 5.57 Å². The molecule has 1 fully saturated rings. The molecule has 0 radical (unpaired) electrons. The summed E-state index contributed by atoms with van der Waals surface area (Å²) in [6.45, 7) is 5.60. The highest BCUT2D eigenvalue weighted by Gasteiger charge is 2.41. The second-order valence-electron chi connectivity index (χ2n) is 8.28. The lowest BCUT2D eigenvalue weighted by molar-refractivity contribution is -0.128. The summed E-state index contributed by atoms with van der Waals surface area (Å²) in [5.41, 5.74) is 4.51. The van der Waals surface area contributed by atoms with E-state index in [9.17, 15) is 19.2 Å². The molecule has 0 aliphatic carbocycles. The monoisotopic (exact) mass is 471 g/mol. The number of amides is 4. The zero-order valence-corrected chi connectivity index (χ0v) is 20.2. The number of nitrogens with zero attached hydrogens (tertiary/aromatic N) is 3. The summed E-state index contributed by atoms with van der Waals surface area (Å²) in [6, 6.07) is 15.0. The first-order chi connectivity index (χ1) is 16.7. The summed E-state index contributed by atoms with van der Waals surface area (Å²) in [5.74, 6) is -1.78. The van der Waals surface area contributed by atoms with E-state index in [1.54, 1.807) is 42.5 Å². The molecule has 0 saturated carbocycles. The van der Waals surface area contributed by atoms with Crippen molar-refractivity contribution in [1.29, 1.82) is 0 Å². The fourth-order valence-corrected chi connectivity index (χ4v) is 4.30. The van der Waals surface area contributed by atoms with Gasteiger partial charge >= 0.3 is 12.0 Å². The number of para-hydroxylation sites is 1. The molecule has 8 heteroatoms. The summed E-state index contributed by atoms with van der Waals surface area (Å²) >= 11 is 0. The maximum atomic E-state index is 13.3. The first-order valence-electron chi connectivity index (χ1n) is 11.0. The Morgan fingerprint density at radius 1 is 0.914 bits per heavy atom. The Morgan fingerprint density at radius 3 is 2.26 bits per heavy atom. The van der Waals surface area contributed by atoms with Crippen LogP contribution in [-0.4, -0.2) is 47.4 Å². The van der Waals surface area contributed by atoms with E-state index in [0.29, 0.717) is 16.8 Å². The number of anilines is 1. The Labute approximate surface area is 203 Å². The molecule has 35 heavy (non-hydrogen) atoms. The van der Waals surface area contributed by atoms with Crippen molar-refractivity contribution < 1.29 is 23.9 Å². The molecule has 1 saturated heterocycles. The van der Waals surface area contributed by atoms with Gasteiger partial charge in [0.2, 0.25) is 0 Å². The van der Waals surface area contributed by atoms with E-state index in [4.69, 9.17) is 4.74 Å². The van der Waals surface area contributed by atoms with Crippen molar-refractivity contribution in [3.8, 4) is 5.69 Å². The lowest BCUT2D eigenvalue weighted by Gasteiger charge is -2.31. The average Bonchev–Trinajstić information content (AvgIpc) is 3.13. The molecule has 3 aromatic rings. The van der Waals surface area contributed by atoms with Crippen LogP contribution in [0.2, 0.25) is 0 Å². The molecule has 0 atom stereocenters. The molecule has 0 unspecified atom stereocenters. The number of ether oxygens (including phenoxy) is 1. The highest BCUT2D eigenvalue weighted by atomic mass is 16.5. The molecule has 178 valence electrons. The number of carbonyl (C=O) groups is 4. The summed E-state index contributed by atoms with van der Waals surface area (Å²) < 4.78 is 6.85. The minimum Gasteiger partial charge on any atom is -0.465 e. The molecular weight excluding hydrogens is 446 g/mol. The van der Waals surface area contributed by atoms with Crippen molar-refractivity contribution in [2.75, 3.05) is 19.1 Å². The molecule has 0 spiro atoms. The first kappa shape index (κ1) is 23.7. The maximum Gasteiger partial charge on any atom is 0.338 e. The molecule has 2 heterocycles. The van der Waals surface area contributed by atoms with Crippen LogP contribution < -0.4 is 4.90 Å². The number of aryl methyl sites for hydroxylation is 1. The Kier molecular flexibility index (Phi) is 6.13. The standard InChI is InChI=1S/C27H25N3O5/c1-16-14-19(18(3)29(16)23-13-9-12-21(17(23)2)26(33)35-5)15-22-24(31)28(4)27(34)30(25(22)32)20-10-7-6-8-11-20/h6-15H,1-5H3/b22-15+. The fourth-order valence-electron chi connectivity index (χ4n) is 4.30. The molecule has 2 aromatic carbocycles. The number of esters is 1. The number of likely N-dealkylation sites (N-methyl/N-ethyl adjacent to an activating group) is 1. The highest BCUT2D eigenvalue weighted by Crippen LogP contribution is 2.29. The predicted molar refractivity (Wildman–Crippen MR) is 131 cm³/mol. The Morgan fingerprint density at radius 2 is 1.60 bits per heavy atom. The quantitative estimate of drug-likeness (QED) is 0.323. The number of aromatic nitrogens is 1. The lowest BCUT2D eigenvalue weighted by atomic mass is 10.1. The van der Waals surface area contributed by atoms with Gasteiger partial charge in [0.15, 0.2) is 0 Å². The van der Waals surface area contributed by atoms with E-state index in [0.717, 1.165) is 32.4 Å². The first-order valence-corrected chi connectivity index (χ1v) is 11.0. The Hall–Kier alpha value is -4.46. The van der Waals surface area contributed by atoms with Gasteiger partial charge in [-0.25, -0.2) is 14.5 Å². The number of rotatable bonds is 4. The van der Waals surface area contributed by atoms with Gasteiger partial charge in [0.1, 0.15) is 5.57 Å². The van der Waals surface area contributed by atoms with Gasteiger partial charge in [-0.2, -0.15) is 0 Å². The molecule has 0 N–H and O–H groups in total. The minimum atomic E-state index is -0.705. The van der Waals surface area contributed by atoms with Crippen molar-refractivity contribution in [3.63, 3.8) is 0 Å². The van der Waals surface area contributed by atoms with Crippen molar-refractivity contribution in [2.24, 2.45) is 0 Å². The van der Waals surface area contributed by atoms with Crippen LogP contribution >= 0.6 is 0 Å². The maximum absolute atomic E-state index is 13.3. The number of barbiturate groups is 1. The van der Waals surface area contributed by atoms with Crippen LogP contribution in [0.25, 0.3) is 11.8 Å². The van der Waals surface area contributed by atoms with Gasteiger partial charge in [0, 0.05) is 24.1 Å². The van der Waals surface area contributed by atoms with Crippen LogP contribution in [0.4, 0.5) is 10.5 Å². The second-order valence-corrected chi connectivity index (χ2v) is 8.28. The van der Waals surface area contributed by atoms with E-state index in [2.05, 4.69) is 0 Å². The van der Waals surface area contributed by atoms with Gasteiger partial charge in [-0.3, -0.25) is 14.5 Å². The minimum absolute atomic E-state index is 0.115. The third-order valence-electron chi connectivity index (χ3n) is 6.18. The van der Waals surface area contributed by atoms with E-state index >= 15 is 0 Å². The largest absolute Gasteiger partial charge is 0.465 e. The van der Waals surface area contributed by atoms with Gasteiger partial charge in [0.05, 0.1) is 18.4 Å². The van der Waals surface area contributed by atoms with E-state index in [1.165, 1.54) is 20.2 Å². The van der Waals surface area contributed by atoms with Crippen LogP contribution in [0.15, 0.2) is 60.2 Å². The van der Waals surface area contributed by atoms with Crippen LogP contribution in [0.5, 0.6) is 0 Å². The number of hydrogen-bond acceptors (Lipinski definition) is 5. The van der Waals surface area contributed by atoms with E-state index < -0.39 is 23.8 Å². The zero-order chi connectivity index (χ0) is 25.4. The predicted octanol–water partition coefficient (Wildman–Crippen LogP) is 4.20. The topological polar surface area (TPSA) is 88.9 Å². The molecule has 1 aromatic heterocycles. The number of benzene rings is 2. The van der Waals surface area contributed by atoms with E-state index in [1.807, 2.05) is 37.5 Å². The summed E-state index contributed by atoms with van der Waals surface area (Å²) in [4.78, 5) is 53.1. The zero-order valence-electron chi connectivity index (χ0n) is 20.2. The van der Waals surface area contributed by atoms with Gasteiger partial charge in [-0.15, -0.1) is 0 Å². The molecular formula is C27H25N3O5. The van der Waals surface area contributed by atoms with Crippen molar-refractivity contribution >= 4 is 35.6 Å². The van der Waals surface area contributed by atoms with Gasteiger partial charge in [-0.05, 0) is 68.3 Å². The number of urea groups is 1. The van der Waals surface area contributed by atoms with Crippen molar-refractivity contribution in [3.05, 3.63) is 88.2 Å². The molecule has 1 aliphatic heterocycles. The lowest BCUT2D eigenvalue weighted by Crippen LogP contribution is -2.55. The third-order valence-corrected chi connectivity index (χ3v) is 6.18. The normalized spacial score (nSPS) is 15.2. The van der Waals surface area contributed by atoms with Crippen LogP contribution in [-0.2, 0) is 14.3 Å². The number of carbonyl (C=O) groups excluding carboxylic acids is 4. The summed E-state index contributed by atoms with van der Waals surface area (Å²) in [6.07, 6.45) is 1.52. The molecule has 1 aliphatic rings. The molecule has 4 rings (SSSR count).